The van der Waals surface area contributed by atoms with Gasteiger partial charge in [0.05, 0.1) is 17.6 Å². The lowest BCUT2D eigenvalue weighted by Crippen LogP contribution is -2.64. The van der Waals surface area contributed by atoms with Gasteiger partial charge in [-0.1, -0.05) is 49.7 Å². The van der Waals surface area contributed by atoms with E-state index in [4.69, 9.17) is 17.3 Å². The van der Waals surface area contributed by atoms with Gasteiger partial charge < -0.3 is 31.3 Å². The zero-order valence-electron chi connectivity index (χ0n) is 42.0. The Morgan fingerprint density at radius 3 is 2.32 bits per heavy atom. The molecular weight excluding hydrogens is 946 g/mol. The van der Waals surface area contributed by atoms with Gasteiger partial charge in [0.1, 0.15) is 24.2 Å². The highest BCUT2D eigenvalue weighted by Crippen LogP contribution is 2.36. The van der Waals surface area contributed by atoms with Crippen LogP contribution >= 0.6 is 11.6 Å². The first-order valence-electron chi connectivity index (χ1n) is 25.0. The fourth-order valence-electron chi connectivity index (χ4n) is 10.8. The summed E-state index contributed by atoms with van der Waals surface area (Å²) in [7, 11) is 1.67. The van der Waals surface area contributed by atoms with Crippen molar-refractivity contribution in [1.82, 2.24) is 39.8 Å². The second-order valence-electron chi connectivity index (χ2n) is 21.1. The molecule has 1 saturated carbocycles. The number of benzene rings is 2. The van der Waals surface area contributed by atoms with Gasteiger partial charge in [0.2, 0.25) is 35.4 Å². The monoisotopic (exact) mass is 1010 g/mol. The number of imidazole rings is 1. The molecule has 3 aliphatic heterocycles. The third kappa shape index (κ3) is 11.7. The van der Waals surface area contributed by atoms with Crippen molar-refractivity contribution in [2.75, 3.05) is 13.1 Å². The number of hydrogen-bond acceptors (Lipinski definition) is 9. The maximum Gasteiger partial charge on any atom is 0.408 e. The third-order valence-corrected chi connectivity index (χ3v) is 15.2. The Morgan fingerprint density at radius 1 is 0.958 bits per heavy atom. The van der Waals surface area contributed by atoms with E-state index in [0.717, 1.165) is 41.7 Å². The summed E-state index contributed by atoms with van der Waals surface area (Å²) in [5.41, 5.74) is 8.53. The quantitative estimate of drug-likeness (QED) is 0.130. The van der Waals surface area contributed by atoms with Gasteiger partial charge in [-0.2, -0.15) is 0 Å². The number of piperidine rings is 1. The number of rotatable bonds is 15. The van der Waals surface area contributed by atoms with Crippen LogP contribution in [0.15, 0.2) is 53.0 Å². The number of nitrogens with one attached hydrogen (secondary N) is 3. The summed E-state index contributed by atoms with van der Waals surface area (Å²) >= 11 is 6.53. The van der Waals surface area contributed by atoms with Crippen LogP contribution in [0, 0.1) is 11.8 Å². The Morgan fingerprint density at radius 2 is 1.68 bits per heavy atom. The number of nitrogens with two attached hydrogens (primary N) is 1. The number of carbonyl (C=O) groups excluding carboxylic acids is 7. The topological polar surface area (TPSA) is 256 Å². The minimum atomic E-state index is -1.38. The SMILES string of the molecule is CC(C)c1ccc(CNC(=O)[C@H](CCC(N)=O)NC(=O)[C@@H]2CC=C3CCN(C(=O)C4CCC(CCc5ccc6c(c5)n(C)c(=O)n6C5CCC(=O)NC5=O)CC4)C[C@H](N(C(=O)O)C(C)(C)C)C(=O)N32)c(Cl)c1. The molecule has 2 saturated heterocycles. The molecule has 20 heteroatoms. The van der Waals surface area contributed by atoms with Gasteiger partial charge in [-0.15, -0.1) is 0 Å². The molecule has 1 aliphatic carbocycles. The third-order valence-electron chi connectivity index (χ3n) is 14.8. The molecule has 7 rings (SSSR count). The Kier molecular flexibility index (Phi) is 16.4. The lowest BCUT2D eigenvalue weighted by molar-refractivity contribution is -0.148. The predicted molar refractivity (Wildman–Crippen MR) is 268 cm³/mol. The summed E-state index contributed by atoms with van der Waals surface area (Å²) in [6, 6.07) is 6.86. The minimum Gasteiger partial charge on any atom is -0.465 e. The van der Waals surface area contributed by atoms with Crippen LogP contribution in [0.2, 0.25) is 5.02 Å². The molecule has 0 radical (unpaired) electrons. The van der Waals surface area contributed by atoms with Crippen LogP contribution in [0.1, 0.15) is 134 Å². The fraction of sp³-hybridized carbons (Fsp3) is 0.558. The summed E-state index contributed by atoms with van der Waals surface area (Å²) in [6.07, 6.45) is 5.15. The van der Waals surface area contributed by atoms with E-state index in [-0.39, 0.29) is 87.5 Å². The van der Waals surface area contributed by atoms with Crippen LogP contribution in [0.5, 0.6) is 0 Å². The second kappa shape index (κ2) is 22.1. The molecule has 19 nitrogen and oxygen atoms in total. The van der Waals surface area contributed by atoms with Gasteiger partial charge in [-0.25, -0.2) is 9.59 Å². The van der Waals surface area contributed by atoms with Gasteiger partial charge in [0.15, 0.2) is 0 Å². The molecular formula is C52H68ClN9O10. The van der Waals surface area contributed by atoms with Crippen molar-refractivity contribution in [3.63, 3.8) is 0 Å². The maximum atomic E-state index is 14.9. The lowest BCUT2D eigenvalue weighted by Gasteiger charge is -2.45. The number of hydrogen-bond donors (Lipinski definition) is 5. The molecule has 4 heterocycles. The van der Waals surface area contributed by atoms with E-state index >= 15 is 0 Å². The molecule has 0 bridgehead atoms. The van der Waals surface area contributed by atoms with Crippen molar-refractivity contribution in [1.29, 1.82) is 0 Å². The highest BCUT2D eigenvalue weighted by atomic mass is 35.5. The summed E-state index contributed by atoms with van der Waals surface area (Å²) < 4.78 is 2.99. The van der Waals surface area contributed by atoms with E-state index < -0.39 is 65.3 Å². The highest BCUT2D eigenvalue weighted by molar-refractivity contribution is 6.31. The van der Waals surface area contributed by atoms with Gasteiger partial charge in [-0.3, -0.25) is 52.9 Å². The van der Waals surface area contributed by atoms with E-state index in [2.05, 4.69) is 16.0 Å². The first-order chi connectivity index (χ1) is 34.0. The van der Waals surface area contributed by atoms with Crippen LogP contribution in [-0.2, 0) is 53.6 Å². The van der Waals surface area contributed by atoms with Crippen LogP contribution < -0.4 is 27.4 Å². The summed E-state index contributed by atoms with van der Waals surface area (Å²) in [5, 5.41) is 19.0. The molecule has 1 aromatic heterocycles. The van der Waals surface area contributed by atoms with E-state index in [1.165, 1.54) is 14.0 Å². The zero-order valence-corrected chi connectivity index (χ0v) is 42.8. The first kappa shape index (κ1) is 53.3. The Hall–Kier alpha value is -6.50. The average molecular weight is 1010 g/mol. The van der Waals surface area contributed by atoms with Crippen molar-refractivity contribution in [2.24, 2.45) is 24.6 Å². The summed E-state index contributed by atoms with van der Waals surface area (Å²) in [4.78, 5) is 124. The molecule has 3 aromatic rings. The van der Waals surface area contributed by atoms with Crippen LogP contribution in [0.25, 0.3) is 11.0 Å². The number of carbonyl (C=O) groups is 8. The molecule has 8 amide bonds. The van der Waals surface area contributed by atoms with Crippen molar-refractivity contribution >= 4 is 70.1 Å². The molecule has 2 aromatic carbocycles. The van der Waals surface area contributed by atoms with Crippen molar-refractivity contribution < 1.29 is 43.5 Å². The lowest BCUT2D eigenvalue weighted by atomic mass is 9.79. The maximum absolute atomic E-state index is 14.9. The predicted octanol–water partition coefficient (Wildman–Crippen LogP) is 4.76. The molecule has 0 spiro atoms. The average Bonchev–Trinajstić information content (AvgIpc) is 3.85. The van der Waals surface area contributed by atoms with E-state index in [9.17, 15) is 48.3 Å². The molecule has 72 heavy (non-hydrogen) atoms. The Balaban J connectivity index is 1.01. The summed E-state index contributed by atoms with van der Waals surface area (Å²) in [6.45, 7) is 9.06. The number of primary amides is 1. The van der Waals surface area contributed by atoms with Crippen molar-refractivity contribution in [3.8, 4) is 0 Å². The molecule has 6 N–H and O–H groups in total. The standard InChI is InChI=1S/C52H68ClN9O10/c1-29(2)33-14-15-34(36(53)26-33)27-55-45(65)37(17-21-43(54)63)56-46(66)39-19-16-35-23-24-59(28-42(49(69)60(35)39)62(51(71)72)52(3,4)5)48(68)32-12-9-30(10-13-32)7-8-31-11-18-38-41(25-31)58(6)50(70)61(38)40-20-22-44(64)57-47(40)67/h11,14-16,18,25-26,29-30,32,37,39-40,42H,7-10,12-13,17,19-24,27-28H2,1-6H3,(H2,54,63)(H,55,65)(H,56,66)(H,71,72)(H,57,64,67)/t30?,32?,37-,39-,40?,42-/m0/s1. The summed E-state index contributed by atoms with van der Waals surface area (Å²) in [5.74, 6) is -3.36. The first-order valence-corrected chi connectivity index (χ1v) is 25.4. The highest BCUT2D eigenvalue weighted by Gasteiger charge is 2.48. The number of carboxylic acid groups (broad SMARTS) is 1. The molecule has 388 valence electrons. The molecule has 4 atom stereocenters. The number of amides is 8. The van der Waals surface area contributed by atoms with Crippen LogP contribution in [0.3, 0.4) is 0 Å². The van der Waals surface area contributed by atoms with Gasteiger partial charge >= 0.3 is 11.8 Å². The van der Waals surface area contributed by atoms with Crippen LogP contribution in [-0.4, -0.2) is 113 Å². The Labute approximate surface area is 423 Å². The van der Waals surface area contributed by atoms with Crippen LogP contribution in [0.4, 0.5) is 4.79 Å². The zero-order chi connectivity index (χ0) is 52.3. The number of fused-ring (bicyclic) bond motifs is 2. The number of aromatic nitrogens is 2. The molecule has 4 aliphatic rings. The van der Waals surface area contributed by atoms with Gasteiger partial charge in [0, 0.05) is 61.6 Å². The smallest absolute Gasteiger partial charge is 0.408 e. The van der Waals surface area contributed by atoms with Gasteiger partial charge in [-0.05, 0) is 125 Å². The fourth-order valence-corrected chi connectivity index (χ4v) is 11.0. The number of imide groups is 1. The second-order valence-corrected chi connectivity index (χ2v) is 21.5. The molecule has 3 fully saturated rings. The Bertz CT molecular complexity index is 2730. The normalized spacial score (nSPS) is 22.1. The van der Waals surface area contributed by atoms with Crippen molar-refractivity contribution in [3.05, 3.63) is 80.4 Å². The van der Waals surface area contributed by atoms with Gasteiger partial charge in [0.25, 0.3) is 5.91 Å². The van der Waals surface area contributed by atoms with E-state index in [1.807, 2.05) is 50.2 Å². The number of aryl methyl sites for hydroxylation is 2. The van der Waals surface area contributed by atoms with E-state index in [0.29, 0.717) is 46.1 Å². The minimum absolute atomic E-state index is 0.0465. The largest absolute Gasteiger partial charge is 0.465 e. The number of nitrogens with zero attached hydrogens (tertiary/aromatic N) is 5. The van der Waals surface area contributed by atoms with E-state index in [1.54, 1.807) is 38.8 Å². The number of halogens is 1. The molecule has 1 unspecified atom stereocenters. The van der Waals surface area contributed by atoms with Crippen molar-refractivity contribution in [2.45, 2.75) is 154 Å².